The SMILES string of the molecule is O=Cc1ccc(Cl)cc1OCCC1CC1. The molecule has 0 unspecified atom stereocenters. The minimum absolute atomic E-state index is 0.565. The van der Waals surface area contributed by atoms with Crippen LogP contribution >= 0.6 is 11.6 Å². The summed E-state index contributed by atoms with van der Waals surface area (Å²) >= 11 is 5.83. The summed E-state index contributed by atoms with van der Waals surface area (Å²) in [5, 5.41) is 0.599. The summed E-state index contributed by atoms with van der Waals surface area (Å²) in [7, 11) is 0. The maximum absolute atomic E-state index is 10.7. The van der Waals surface area contributed by atoms with Gasteiger partial charge in [-0.3, -0.25) is 4.79 Å². The molecule has 0 bridgehead atoms. The average Bonchev–Trinajstić information content (AvgIpc) is 3.02. The number of hydrogen-bond acceptors (Lipinski definition) is 2. The van der Waals surface area contributed by atoms with Crippen molar-refractivity contribution in [3.8, 4) is 5.75 Å². The standard InChI is InChI=1S/C12H13ClO2/c13-11-4-3-10(8-14)12(7-11)15-6-5-9-1-2-9/h3-4,7-9H,1-2,5-6H2. The maximum atomic E-state index is 10.7. The van der Waals surface area contributed by atoms with E-state index in [2.05, 4.69) is 0 Å². The molecule has 0 atom stereocenters. The summed E-state index contributed by atoms with van der Waals surface area (Å²) in [6.45, 7) is 0.672. The predicted molar refractivity (Wildman–Crippen MR) is 59.7 cm³/mol. The summed E-state index contributed by atoms with van der Waals surface area (Å²) in [5.74, 6) is 1.43. The van der Waals surface area contributed by atoms with E-state index in [0.29, 0.717) is 22.9 Å². The van der Waals surface area contributed by atoms with Gasteiger partial charge in [-0.2, -0.15) is 0 Å². The lowest BCUT2D eigenvalue weighted by molar-refractivity contribution is 0.111. The lowest BCUT2D eigenvalue weighted by Crippen LogP contribution is -2.00. The second kappa shape index (κ2) is 4.67. The van der Waals surface area contributed by atoms with Crippen LogP contribution in [-0.2, 0) is 0 Å². The highest BCUT2D eigenvalue weighted by Gasteiger charge is 2.20. The molecule has 3 heteroatoms. The van der Waals surface area contributed by atoms with E-state index in [4.69, 9.17) is 16.3 Å². The number of carbonyl (C=O) groups is 1. The van der Waals surface area contributed by atoms with Crippen LogP contribution in [0.1, 0.15) is 29.6 Å². The number of rotatable bonds is 5. The fourth-order valence-electron chi connectivity index (χ4n) is 1.47. The first-order valence-corrected chi connectivity index (χ1v) is 5.55. The first-order chi connectivity index (χ1) is 7.29. The quantitative estimate of drug-likeness (QED) is 0.718. The van der Waals surface area contributed by atoms with Crippen LogP contribution in [0.4, 0.5) is 0 Å². The third-order valence-corrected chi connectivity index (χ3v) is 2.82. The number of halogens is 1. The van der Waals surface area contributed by atoms with Crippen molar-refractivity contribution in [2.45, 2.75) is 19.3 Å². The second-order valence-electron chi connectivity index (χ2n) is 3.88. The van der Waals surface area contributed by atoms with Crippen LogP contribution in [0.3, 0.4) is 0 Å². The van der Waals surface area contributed by atoms with Crippen LogP contribution < -0.4 is 4.74 Å². The molecular weight excluding hydrogens is 212 g/mol. The van der Waals surface area contributed by atoms with Gasteiger partial charge in [0.25, 0.3) is 0 Å². The van der Waals surface area contributed by atoms with Gasteiger partial charge in [0, 0.05) is 5.02 Å². The van der Waals surface area contributed by atoms with Crippen molar-refractivity contribution < 1.29 is 9.53 Å². The molecule has 0 heterocycles. The minimum Gasteiger partial charge on any atom is -0.493 e. The van der Waals surface area contributed by atoms with E-state index in [0.717, 1.165) is 18.6 Å². The van der Waals surface area contributed by atoms with Gasteiger partial charge in [-0.05, 0) is 30.5 Å². The molecule has 1 aliphatic carbocycles. The van der Waals surface area contributed by atoms with Gasteiger partial charge in [0.2, 0.25) is 0 Å². The van der Waals surface area contributed by atoms with Crippen molar-refractivity contribution in [3.63, 3.8) is 0 Å². The minimum atomic E-state index is 0.565. The summed E-state index contributed by atoms with van der Waals surface area (Å²) in [5.41, 5.74) is 0.565. The lowest BCUT2D eigenvalue weighted by atomic mass is 10.2. The number of benzene rings is 1. The molecule has 2 rings (SSSR count). The van der Waals surface area contributed by atoms with Gasteiger partial charge in [-0.15, -0.1) is 0 Å². The zero-order chi connectivity index (χ0) is 10.7. The van der Waals surface area contributed by atoms with Crippen LogP contribution in [0.5, 0.6) is 5.75 Å². The first kappa shape index (κ1) is 10.5. The van der Waals surface area contributed by atoms with Crippen molar-refractivity contribution in [2.75, 3.05) is 6.61 Å². The van der Waals surface area contributed by atoms with E-state index in [1.807, 2.05) is 0 Å². The van der Waals surface area contributed by atoms with Crippen LogP contribution in [-0.4, -0.2) is 12.9 Å². The van der Waals surface area contributed by atoms with E-state index in [1.165, 1.54) is 12.8 Å². The Kier molecular flexibility index (Phi) is 3.27. The largest absolute Gasteiger partial charge is 0.493 e. The molecule has 2 nitrogen and oxygen atoms in total. The third-order valence-electron chi connectivity index (χ3n) is 2.58. The van der Waals surface area contributed by atoms with Crippen molar-refractivity contribution in [1.29, 1.82) is 0 Å². The van der Waals surface area contributed by atoms with Gasteiger partial charge in [0.1, 0.15) is 5.75 Å². The van der Waals surface area contributed by atoms with E-state index >= 15 is 0 Å². The van der Waals surface area contributed by atoms with E-state index in [9.17, 15) is 4.79 Å². The van der Waals surface area contributed by atoms with Gasteiger partial charge in [-0.1, -0.05) is 24.4 Å². The highest BCUT2D eigenvalue weighted by atomic mass is 35.5. The zero-order valence-electron chi connectivity index (χ0n) is 8.41. The lowest BCUT2D eigenvalue weighted by Gasteiger charge is -2.08. The fourth-order valence-corrected chi connectivity index (χ4v) is 1.63. The smallest absolute Gasteiger partial charge is 0.153 e. The highest BCUT2D eigenvalue weighted by molar-refractivity contribution is 6.30. The Hall–Kier alpha value is -1.02. The van der Waals surface area contributed by atoms with Gasteiger partial charge < -0.3 is 4.74 Å². The van der Waals surface area contributed by atoms with Crippen LogP contribution in [0.2, 0.25) is 5.02 Å². The molecule has 0 spiro atoms. The Labute approximate surface area is 94.2 Å². The second-order valence-corrected chi connectivity index (χ2v) is 4.32. The third kappa shape index (κ3) is 2.96. The Balaban J connectivity index is 1.97. The number of hydrogen-bond donors (Lipinski definition) is 0. The average molecular weight is 225 g/mol. The Morgan fingerprint density at radius 1 is 1.47 bits per heavy atom. The monoisotopic (exact) mass is 224 g/mol. The topological polar surface area (TPSA) is 26.3 Å². The van der Waals surface area contributed by atoms with Crippen molar-refractivity contribution in [2.24, 2.45) is 5.92 Å². The van der Waals surface area contributed by atoms with Crippen molar-refractivity contribution >= 4 is 17.9 Å². The van der Waals surface area contributed by atoms with Crippen molar-refractivity contribution in [3.05, 3.63) is 28.8 Å². The zero-order valence-corrected chi connectivity index (χ0v) is 9.17. The summed E-state index contributed by atoms with van der Waals surface area (Å²) in [6.07, 6.45) is 4.51. The molecule has 0 radical (unpaired) electrons. The molecule has 1 aromatic carbocycles. The molecule has 1 fully saturated rings. The molecule has 15 heavy (non-hydrogen) atoms. The van der Waals surface area contributed by atoms with Crippen LogP contribution in [0.15, 0.2) is 18.2 Å². The molecule has 0 aromatic heterocycles. The fraction of sp³-hybridized carbons (Fsp3) is 0.417. The molecular formula is C12H13ClO2. The van der Waals surface area contributed by atoms with Crippen molar-refractivity contribution in [1.82, 2.24) is 0 Å². The van der Waals surface area contributed by atoms with Gasteiger partial charge in [0.05, 0.1) is 12.2 Å². The molecule has 1 saturated carbocycles. The summed E-state index contributed by atoms with van der Waals surface area (Å²) < 4.78 is 5.54. The molecule has 0 N–H and O–H groups in total. The molecule has 1 aliphatic rings. The Bertz CT molecular complexity index is 359. The predicted octanol–water partition coefficient (Wildman–Crippen LogP) is 3.33. The molecule has 0 saturated heterocycles. The van der Waals surface area contributed by atoms with E-state index < -0.39 is 0 Å². The maximum Gasteiger partial charge on any atom is 0.153 e. The molecule has 80 valence electrons. The summed E-state index contributed by atoms with van der Waals surface area (Å²) in [6, 6.07) is 5.07. The Morgan fingerprint density at radius 2 is 2.27 bits per heavy atom. The molecule has 1 aromatic rings. The number of aldehydes is 1. The normalized spacial score (nSPS) is 15.0. The van der Waals surface area contributed by atoms with Gasteiger partial charge in [0.15, 0.2) is 6.29 Å². The molecule has 0 amide bonds. The highest BCUT2D eigenvalue weighted by Crippen LogP contribution is 2.32. The van der Waals surface area contributed by atoms with Gasteiger partial charge >= 0.3 is 0 Å². The van der Waals surface area contributed by atoms with E-state index in [1.54, 1.807) is 18.2 Å². The van der Waals surface area contributed by atoms with Crippen LogP contribution in [0, 0.1) is 5.92 Å². The number of ether oxygens (including phenoxy) is 1. The van der Waals surface area contributed by atoms with E-state index in [-0.39, 0.29) is 0 Å². The molecule has 0 aliphatic heterocycles. The van der Waals surface area contributed by atoms with Gasteiger partial charge in [-0.25, -0.2) is 0 Å². The first-order valence-electron chi connectivity index (χ1n) is 5.17. The number of carbonyl (C=O) groups excluding carboxylic acids is 1. The summed E-state index contributed by atoms with van der Waals surface area (Å²) in [4.78, 5) is 10.7. The Morgan fingerprint density at radius 3 is 2.93 bits per heavy atom. The van der Waals surface area contributed by atoms with Crippen LogP contribution in [0.25, 0.3) is 0 Å².